The van der Waals surface area contributed by atoms with Crippen LogP contribution in [0.2, 0.25) is 0 Å². The molecule has 1 heterocycles. The van der Waals surface area contributed by atoms with Crippen molar-refractivity contribution < 1.29 is 19.4 Å². The molecule has 116 valence electrons. The lowest BCUT2D eigenvalue weighted by Crippen LogP contribution is -2.25. The Morgan fingerprint density at radius 2 is 2.14 bits per heavy atom. The molecule has 22 heavy (non-hydrogen) atoms. The second-order valence-electron chi connectivity index (χ2n) is 4.70. The summed E-state index contributed by atoms with van der Waals surface area (Å²) in [6.07, 6.45) is 3.66. The summed E-state index contributed by atoms with van der Waals surface area (Å²) in [4.78, 5) is 22.6. The number of nitrogens with zero attached hydrogens (tertiary/aromatic N) is 2. The average molecular weight is 303 g/mol. The van der Waals surface area contributed by atoms with Crippen LogP contribution in [0.15, 0.2) is 36.7 Å². The largest absolute Gasteiger partial charge is 0.481 e. The van der Waals surface area contributed by atoms with Crippen molar-refractivity contribution in [1.29, 1.82) is 0 Å². The van der Waals surface area contributed by atoms with E-state index in [1.54, 1.807) is 48.4 Å². The lowest BCUT2D eigenvalue weighted by molar-refractivity contribution is -0.137. The van der Waals surface area contributed by atoms with E-state index in [4.69, 9.17) is 9.84 Å². The Balaban J connectivity index is 2.01. The van der Waals surface area contributed by atoms with E-state index >= 15 is 0 Å². The van der Waals surface area contributed by atoms with Gasteiger partial charge < -0.3 is 15.2 Å². The molecule has 0 aliphatic rings. The summed E-state index contributed by atoms with van der Waals surface area (Å²) in [6.45, 7) is 0.298. The van der Waals surface area contributed by atoms with Crippen molar-refractivity contribution in [2.75, 3.05) is 6.54 Å². The van der Waals surface area contributed by atoms with Crippen LogP contribution in [0, 0.1) is 0 Å². The first kappa shape index (κ1) is 15.6. The number of nitrogens with one attached hydrogen (secondary N) is 1. The minimum Gasteiger partial charge on any atom is -0.481 e. The van der Waals surface area contributed by atoms with Gasteiger partial charge in [0.15, 0.2) is 5.75 Å². The number of aliphatic carboxylic acids is 1. The molecule has 1 amide bonds. The fourth-order valence-electron chi connectivity index (χ4n) is 1.86. The Bertz CT molecular complexity index is 666. The minimum atomic E-state index is -0.880. The first-order valence-corrected chi connectivity index (χ1v) is 6.82. The maximum Gasteiger partial charge on any atom is 0.303 e. The van der Waals surface area contributed by atoms with E-state index in [-0.39, 0.29) is 12.3 Å². The van der Waals surface area contributed by atoms with E-state index in [2.05, 4.69) is 10.4 Å². The third-order valence-electron chi connectivity index (χ3n) is 2.89. The van der Waals surface area contributed by atoms with E-state index in [0.29, 0.717) is 30.0 Å². The number of aromatic nitrogens is 2. The summed E-state index contributed by atoms with van der Waals surface area (Å²) in [5, 5.41) is 15.2. The smallest absolute Gasteiger partial charge is 0.303 e. The maximum absolute atomic E-state index is 12.1. The second kappa shape index (κ2) is 7.26. The standard InChI is InChI=1S/C15H17N3O4/c1-18-10-11(9-17-18)22-13-6-3-2-5-12(13)15(21)16-8-4-7-14(19)20/h2-3,5-6,9-10H,4,7-8H2,1H3,(H,16,21)(H,19,20). The molecule has 0 saturated heterocycles. The Morgan fingerprint density at radius 3 is 2.82 bits per heavy atom. The highest BCUT2D eigenvalue weighted by molar-refractivity contribution is 5.97. The van der Waals surface area contributed by atoms with Gasteiger partial charge >= 0.3 is 5.97 Å². The normalized spacial score (nSPS) is 10.2. The van der Waals surface area contributed by atoms with Crippen molar-refractivity contribution in [2.24, 2.45) is 7.05 Å². The van der Waals surface area contributed by atoms with E-state index in [1.807, 2.05) is 0 Å². The number of ether oxygens (including phenoxy) is 1. The number of rotatable bonds is 7. The zero-order valence-corrected chi connectivity index (χ0v) is 12.2. The fourth-order valence-corrected chi connectivity index (χ4v) is 1.86. The highest BCUT2D eigenvalue weighted by Gasteiger charge is 2.13. The zero-order chi connectivity index (χ0) is 15.9. The summed E-state index contributed by atoms with van der Waals surface area (Å²) in [6, 6.07) is 6.85. The van der Waals surface area contributed by atoms with Gasteiger partial charge in [-0.2, -0.15) is 5.10 Å². The van der Waals surface area contributed by atoms with Gasteiger partial charge in [-0.15, -0.1) is 0 Å². The van der Waals surface area contributed by atoms with Crippen molar-refractivity contribution in [3.63, 3.8) is 0 Å². The van der Waals surface area contributed by atoms with Gasteiger partial charge in [0.05, 0.1) is 18.0 Å². The number of hydrogen-bond donors (Lipinski definition) is 2. The number of carboxylic acid groups (broad SMARTS) is 1. The molecule has 0 aliphatic carbocycles. The zero-order valence-electron chi connectivity index (χ0n) is 12.2. The number of carbonyl (C=O) groups excluding carboxylic acids is 1. The van der Waals surface area contributed by atoms with Crippen LogP contribution in [-0.2, 0) is 11.8 Å². The quantitative estimate of drug-likeness (QED) is 0.761. The predicted octanol–water partition coefficient (Wildman–Crippen LogP) is 1.81. The van der Waals surface area contributed by atoms with Crippen LogP contribution in [0.1, 0.15) is 23.2 Å². The van der Waals surface area contributed by atoms with Gasteiger partial charge in [-0.3, -0.25) is 14.3 Å². The second-order valence-corrected chi connectivity index (χ2v) is 4.70. The van der Waals surface area contributed by atoms with E-state index in [1.165, 1.54) is 0 Å². The molecular weight excluding hydrogens is 286 g/mol. The molecule has 0 saturated carbocycles. The van der Waals surface area contributed by atoms with Gasteiger partial charge in [0.1, 0.15) is 5.75 Å². The van der Waals surface area contributed by atoms with Gasteiger partial charge in [0, 0.05) is 20.0 Å². The number of carbonyl (C=O) groups is 2. The molecule has 0 radical (unpaired) electrons. The lowest BCUT2D eigenvalue weighted by Gasteiger charge is -2.10. The van der Waals surface area contributed by atoms with Gasteiger partial charge in [-0.05, 0) is 18.6 Å². The molecule has 0 unspecified atom stereocenters. The van der Waals surface area contributed by atoms with Gasteiger partial charge in [0.25, 0.3) is 5.91 Å². The molecule has 2 aromatic rings. The van der Waals surface area contributed by atoms with Crippen LogP contribution < -0.4 is 10.1 Å². The molecule has 2 N–H and O–H groups in total. The molecule has 0 bridgehead atoms. The van der Waals surface area contributed by atoms with Crippen LogP contribution in [-0.4, -0.2) is 33.3 Å². The van der Waals surface area contributed by atoms with Gasteiger partial charge in [0.2, 0.25) is 0 Å². The first-order chi connectivity index (χ1) is 10.6. The summed E-state index contributed by atoms with van der Waals surface area (Å²) >= 11 is 0. The van der Waals surface area contributed by atoms with E-state index in [9.17, 15) is 9.59 Å². The number of hydrogen-bond acceptors (Lipinski definition) is 4. The molecule has 0 fully saturated rings. The Kier molecular flexibility index (Phi) is 5.13. The number of carboxylic acids is 1. The molecular formula is C15H17N3O4. The summed E-state index contributed by atoms with van der Waals surface area (Å²) in [5.74, 6) is -0.223. The highest BCUT2D eigenvalue weighted by Crippen LogP contribution is 2.24. The van der Waals surface area contributed by atoms with Crippen LogP contribution in [0.5, 0.6) is 11.5 Å². The third kappa shape index (κ3) is 4.34. The van der Waals surface area contributed by atoms with Crippen LogP contribution in [0.3, 0.4) is 0 Å². The average Bonchev–Trinajstić information content (AvgIpc) is 2.89. The highest BCUT2D eigenvalue weighted by atomic mass is 16.5. The SMILES string of the molecule is Cn1cc(Oc2ccccc2C(=O)NCCCC(=O)O)cn1. The van der Waals surface area contributed by atoms with Gasteiger partial charge in [-0.25, -0.2) is 0 Å². The molecule has 0 aliphatic heterocycles. The number of aryl methyl sites for hydroxylation is 1. The van der Waals surface area contributed by atoms with E-state index < -0.39 is 5.97 Å². The Hall–Kier alpha value is -2.83. The number of benzene rings is 1. The Labute approximate surface area is 127 Å². The van der Waals surface area contributed by atoms with Gasteiger partial charge in [-0.1, -0.05) is 12.1 Å². The van der Waals surface area contributed by atoms with Crippen molar-refractivity contribution in [3.05, 3.63) is 42.2 Å². The number of para-hydroxylation sites is 1. The van der Waals surface area contributed by atoms with Crippen molar-refractivity contribution in [2.45, 2.75) is 12.8 Å². The van der Waals surface area contributed by atoms with E-state index in [0.717, 1.165) is 0 Å². The molecule has 0 atom stereocenters. The maximum atomic E-state index is 12.1. The number of amides is 1. The summed E-state index contributed by atoms with van der Waals surface area (Å²) in [7, 11) is 1.77. The minimum absolute atomic E-state index is 0.0219. The molecule has 1 aromatic carbocycles. The van der Waals surface area contributed by atoms with Crippen LogP contribution in [0.4, 0.5) is 0 Å². The lowest BCUT2D eigenvalue weighted by atomic mass is 10.2. The molecule has 1 aromatic heterocycles. The predicted molar refractivity (Wildman–Crippen MR) is 78.9 cm³/mol. The third-order valence-corrected chi connectivity index (χ3v) is 2.89. The fraction of sp³-hybridized carbons (Fsp3) is 0.267. The summed E-state index contributed by atoms with van der Waals surface area (Å²) in [5.41, 5.74) is 0.390. The molecule has 7 nitrogen and oxygen atoms in total. The monoisotopic (exact) mass is 303 g/mol. The van der Waals surface area contributed by atoms with Crippen molar-refractivity contribution in [1.82, 2.24) is 15.1 Å². The molecule has 7 heteroatoms. The topological polar surface area (TPSA) is 93.5 Å². The summed E-state index contributed by atoms with van der Waals surface area (Å²) < 4.78 is 7.26. The van der Waals surface area contributed by atoms with Crippen LogP contribution in [0.25, 0.3) is 0 Å². The molecule has 2 rings (SSSR count). The Morgan fingerprint density at radius 1 is 1.36 bits per heavy atom. The van der Waals surface area contributed by atoms with Crippen molar-refractivity contribution in [3.8, 4) is 11.5 Å². The first-order valence-electron chi connectivity index (χ1n) is 6.82. The van der Waals surface area contributed by atoms with Crippen molar-refractivity contribution >= 4 is 11.9 Å². The van der Waals surface area contributed by atoms with Crippen LogP contribution >= 0.6 is 0 Å². The molecule has 0 spiro atoms.